The van der Waals surface area contributed by atoms with Gasteiger partial charge in [0.2, 0.25) is 0 Å². The number of ether oxygens (including phenoxy) is 1. The van der Waals surface area contributed by atoms with Gasteiger partial charge >= 0.3 is 0 Å². The quantitative estimate of drug-likeness (QED) is 0.800. The van der Waals surface area contributed by atoms with Crippen molar-refractivity contribution in [2.45, 2.75) is 19.9 Å². The summed E-state index contributed by atoms with van der Waals surface area (Å²) in [6.45, 7) is 3.79. The highest BCUT2D eigenvalue weighted by atomic mass is 35.5. The van der Waals surface area contributed by atoms with Crippen molar-refractivity contribution in [1.82, 2.24) is 4.98 Å². The lowest BCUT2D eigenvalue weighted by Gasteiger charge is -2.19. The Balaban J connectivity index is 2.26. The molecular formula is C15H15Cl2FN2O. The fourth-order valence-corrected chi connectivity index (χ4v) is 2.61. The molecule has 0 fully saturated rings. The fraction of sp³-hybridized carbons (Fsp3) is 0.267. The first-order chi connectivity index (χ1) is 9.92. The Morgan fingerprint density at radius 2 is 2.00 bits per heavy atom. The minimum Gasteiger partial charge on any atom is -0.494 e. The average Bonchev–Trinajstić information content (AvgIpc) is 2.42. The summed E-state index contributed by atoms with van der Waals surface area (Å²) in [5, 5.41) is 3.86. The molecule has 112 valence electrons. The number of hydrogen-bond acceptors (Lipinski definition) is 3. The molecule has 2 aromatic rings. The molecule has 0 aliphatic heterocycles. The van der Waals surface area contributed by atoms with E-state index in [1.54, 1.807) is 18.2 Å². The summed E-state index contributed by atoms with van der Waals surface area (Å²) in [6, 6.07) is 6.40. The van der Waals surface area contributed by atoms with Crippen molar-refractivity contribution in [3.8, 4) is 5.75 Å². The third kappa shape index (κ3) is 3.57. The van der Waals surface area contributed by atoms with Crippen molar-refractivity contribution < 1.29 is 9.13 Å². The van der Waals surface area contributed by atoms with Gasteiger partial charge in [-0.05, 0) is 43.2 Å². The lowest BCUT2D eigenvalue weighted by Crippen LogP contribution is -2.09. The van der Waals surface area contributed by atoms with Gasteiger partial charge in [0, 0.05) is 6.04 Å². The number of aryl methyl sites for hydroxylation is 1. The monoisotopic (exact) mass is 328 g/mol. The zero-order valence-corrected chi connectivity index (χ0v) is 13.4. The summed E-state index contributed by atoms with van der Waals surface area (Å²) in [5.41, 5.74) is 2.34. The van der Waals surface area contributed by atoms with E-state index in [0.717, 1.165) is 11.1 Å². The number of methoxy groups -OCH3 is 1. The van der Waals surface area contributed by atoms with Crippen LogP contribution in [-0.4, -0.2) is 12.1 Å². The van der Waals surface area contributed by atoms with E-state index in [4.69, 9.17) is 27.9 Å². The van der Waals surface area contributed by atoms with Crippen LogP contribution in [0.2, 0.25) is 10.3 Å². The second-order valence-electron chi connectivity index (χ2n) is 4.69. The summed E-state index contributed by atoms with van der Waals surface area (Å²) in [6.07, 6.45) is 0. The van der Waals surface area contributed by atoms with Gasteiger partial charge in [0.1, 0.15) is 5.15 Å². The van der Waals surface area contributed by atoms with E-state index in [2.05, 4.69) is 10.3 Å². The zero-order chi connectivity index (χ0) is 15.6. The maximum atomic E-state index is 13.8. The van der Waals surface area contributed by atoms with Crippen molar-refractivity contribution in [2.75, 3.05) is 12.4 Å². The van der Waals surface area contributed by atoms with Gasteiger partial charge in [0.05, 0.1) is 12.8 Å². The van der Waals surface area contributed by atoms with Gasteiger partial charge in [-0.15, -0.1) is 0 Å². The van der Waals surface area contributed by atoms with Gasteiger partial charge in [-0.1, -0.05) is 29.3 Å². The van der Waals surface area contributed by atoms with Crippen LogP contribution >= 0.6 is 23.2 Å². The molecule has 1 N–H and O–H groups in total. The molecule has 1 aromatic carbocycles. The summed E-state index contributed by atoms with van der Waals surface area (Å²) in [4.78, 5) is 4.00. The van der Waals surface area contributed by atoms with E-state index < -0.39 is 5.82 Å². The Bertz CT molecular complexity index is 641. The van der Waals surface area contributed by atoms with E-state index >= 15 is 0 Å². The van der Waals surface area contributed by atoms with Crippen LogP contribution in [-0.2, 0) is 0 Å². The first kappa shape index (κ1) is 15.9. The van der Waals surface area contributed by atoms with Crippen LogP contribution < -0.4 is 10.1 Å². The molecule has 2 rings (SSSR count). The van der Waals surface area contributed by atoms with Crippen molar-refractivity contribution in [2.24, 2.45) is 0 Å². The molecule has 3 nitrogen and oxygen atoms in total. The van der Waals surface area contributed by atoms with Crippen molar-refractivity contribution in [1.29, 1.82) is 0 Å². The SMILES string of the molecule is COc1ccc(C(C)Nc2c(C)cc(Cl)nc2Cl)cc1F. The predicted molar refractivity (Wildman–Crippen MR) is 84.0 cm³/mol. The number of hydrogen-bond donors (Lipinski definition) is 1. The molecule has 0 aliphatic carbocycles. The minimum absolute atomic E-state index is 0.149. The number of halogens is 3. The lowest BCUT2D eigenvalue weighted by molar-refractivity contribution is 0.386. The van der Waals surface area contributed by atoms with Crippen LogP contribution in [0, 0.1) is 12.7 Å². The Hall–Kier alpha value is -1.52. The maximum Gasteiger partial charge on any atom is 0.165 e. The predicted octanol–water partition coefficient (Wildman–Crippen LogP) is 5.02. The fourth-order valence-electron chi connectivity index (χ4n) is 2.02. The van der Waals surface area contributed by atoms with E-state index in [1.165, 1.54) is 13.2 Å². The molecule has 0 saturated heterocycles. The molecule has 1 atom stereocenters. The summed E-state index contributed by atoms with van der Waals surface area (Å²) in [5.74, 6) is -0.186. The van der Waals surface area contributed by atoms with Gasteiger partial charge in [-0.2, -0.15) is 0 Å². The summed E-state index contributed by atoms with van der Waals surface area (Å²) in [7, 11) is 1.43. The average molecular weight is 329 g/mol. The summed E-state index contributed by atoms with van der Waals surface area (Å²) >= 11 is 11.9. The van der Waals surface area contributed by atoms with Gasteiger partial charge in [-0.25, -0.2) is 9.37 Å². The molecule has 0 bridgehead atoms. The molecule has 0 spiro atoms. The second-order valence-corrected chi connectivity index (χ2v) is 5.43. The van der Waals surface area contributed by atoms with E-state index in [1.807, 2.05) is 13.8 Å². The normalized spacial score (nSPS) is 12.1. The molecule has 21 heavy (non-hydrogen) atoms. The second kappa shape index (κ2) is 6.50. The number of anilines is 1. The van der Waals surface area contributed by atoms with Crippen LogP contribution in [0.1, 0.15) is 24.1 Å². The molecule has 0 amide bonds. The maximum absolute atomic E-state index is 13.8. The first-order valence-corrected chi connectivity index (χ1v) is 7.10. The highest BCUT2D eigenvalue weighted by Crippen LogP contribution is 2.31. The number of nitrogens with zero attached hydrogens (tertiary/aromatic N) is 1. The van der Waals surface area contributed by atoms with Crippen LogP contribution in [0.5, 0.6) is 5.75 Å². The molecule has 1 unspecified atom stereocenters. The zero-order valence-electron chi connectivity index (χ0n) is 11.9. The smallest absolute Gasteiger partial charge is 0.165 e. The number of pyridine rings is 1. The van der Waals surface area contributed by atoms with Gasteiger partial charge in [-0.3, -0.25) is 0 Å². The Kier molecular flexibility index (Phi) is 4.91. The highest BCUT2D eigenvalue weighted by molar-refractivity contribution is 6.34. The van der Waals surface area contributed by atoms with E-state index in [-0.39, 0.29) is 11.8 Å². The first-order valence-electron chi connectivity index (χ1n) is 6.35. The molecule has 6 heteroatoms. The van der Waals surface area contributed by atoms with E-state index in [9.17, 15) is 4.39 Å². The van der Waals surface area contributed by atoms with Gasteiger partial charge in [0.15, 0.2) is 16.7 Å². The third-order valence-corrected chi connectivity index (χ3v) is 3.65. The molecule has 0 saturated carbocycles. The Labute approximate surface area is 133 Å². The Morgan fingerprint density at radius 3 is 2.57 bits per heavy atom. The molecule has 0 aliphatic rings. The van der Waals surface area contributed by atoms with Crippen LogP contribution in [0.15, 0.2) is 24.3 Å². The van der Waals surface area contributed by atoms with E-state index in [0.29, 0.717) is 16.0 Å². The molecular weight excluding hydrogens is 314 g/mol. The Morgan fingerprint density at radius 1 is 1.29 bits per heavy atom. The standard InChI is InChI=1S/C15H15Cl2FN2O/c1-8-6-13(16)20-15(17)14(8)19-9(2)10-4-5-12(21-3)11(18)7-10/h4-7,9,19H,1-3H3. The molecule has 1 aromatic heterocycles. The number of aromatic nitrogens is 1. The van der Waals surface area contributed by atoms with Crippen molar-refractivity contribution in [3.05, 3.63) is 51.5 Å². The number of benzene rings is 1. The number of rotatable bonds is 4. The largest absolute Gasteiger partial charge is 0.494 e. The summed E-state index contributed by atoms with van der Waals surface area (Å²) < 4.78 is 18.7. The molecule has 0 radical (unpaired) electrons. The van der Waals surface area contributed by atoms with Crippen LogP contribution in [0.3, 0.4) is 0 Å². The van der Waals surface area contributed by atoms with Gasteiger partial charge in [0.25, 0.3) is 0 Å². The lowest BCUT2D eigenvalue weighted by atomic mass is 10.1. The van der Waals surface area contributed by atoms with Crippen LogP contribution in [0.25, 0.3) is 0 Å². The third-order valence-electron chi connectivity index (χ3n) is 3.18. The minimum atomic E-state index is -0.402. The van der Waals surface area contributed by atoms with Crippen molar-refractivity contribution in [3.63, 3.8) is 0 Å². The topological polar surface area (TPSA) is 34.1 Å². The highest BCUT2D eigenvalue weighted by Gasteiger charge is 2.13. The molecule has 1 heterocycles. The van der Waals surface area contributed by atoms with Crippen LogP contribution in [0.4, 0.5) is 10.1 Å². The van der Waals surface area contributed by atoms with Crippen molar-refractivity contribution >= 4 is 28.9 Å². The number of nitrogens with one attached hydrogen (secondary N) is 1. The van der Waals surface area contributed by atoms with Gasteiger partial charge < -0.3 is 10.1 Å².